The van der Waals surface area contributed by atoms with Crippen LogP contribution < -0.4 is 0 Å². The minimum Gasteiger partial charge on any atom is -0.453 e. The van der Waals surface area contributed by atoms with Crippen molar-refractivity contribution in [3.63, 3.8) is 0 Å². The number of rotatable bonds is 3. The number of benzene rings is 1. The third-order valence-corrected chi connectivity index (χ3v) is 3.36. The highest BCUT2D eigenvalue weighted by Gasteiger charge is 2.20. The van der Waals surface area contributed by atoms with Crippen molar-refractivity contribution in [3.05, 3.63) is 35.9 Å². The first-order valence-corrected chi connectivity index (χ1v) is 6.39. The van der Waals surface area contributed by atoms with E-state index >= 15 is 0 Å². The number of carbonyl (C=O) groups is 1. The molecule has 0 aliphatic carbocycles. The standard InChI is InChI=1S/C14H20N2O2.ClH/c1-18-14(17)16-11-9-15(10-12-16)8-7-13-5-3-2-4-6-13;/h2-6H,7-12H2,1H3;1H. The molecule has 0 radical (unpaired) electrons. The molecule has 0 atom stereocenters. The van der Waals surface area contributed by atoms with Crippen LogP contribution in [0, 0.1) is 0 Å². The zero-order chi connectivity index (χ0) is 12.8. The summed E-state index contributed by atoms with van der Waals surface area (Å²) in [4.78, 5) is 15.5. The number of ether oxygens (including phenoxy) is 1. The maximum absolute atomic E-state index is 11.3. The van der Waals surface area contributed by atoms with Crippen LogP contribution in [0.4, 0.5) is 4.79 Å². The van der Waals surface area contributed by atoms with E-state index in [1.807, 2.05) is 6.07 Å². The number of hydrogen-bond donors (Lipinski definition) is 0. The second-order valence-electron chi connectivity index (χ2n) is 4.53. The van der Waals surface area contributed by atoms with Gasteiger partial charge in [-0.15, -0.1) is 12.4 Å². The fourth-order valence-electron chi connectivity index (χ4n) is 2.22. The minimum atomic E-state index is -0.210. The van der Waals surface area contributed by atoms with Crippen molar-refractivity contribution in [2.24, 2.45) is 0 Å². The van der Waals surface area contributed by atoms with Crippen LogP contribution in [0.5, 0.6) is 0 Å². The van der Waals surface area contributed by atoms with E-state index in [4.69, 9.17) is 4.74 Å². The first kappa shape index (κ1) is 15.8. The lowest BCUT2D eigenvalue weighted by molar-refractivity contribution is 0.0914. The zero-order valence-corrected chi connectivity index (χ0v) is 12.1. The summed E-state index contributed by atoms with van der Waals surface area (Å²) in [6, 6.07) is 10.5. The lowest BCUT2D eigenvalue weighted by Crippen LogP contribution is -2.49. The number of piperazine rings is 1. The average Bonchev–Trinajstić information content (AvgIpc) is 2.46. The molecule has 1 aromatic rings. The molecule has 1 amide bonds. The molecule has 1 aliphatic rings. The van der Waals surface area contributed by atoms with E-state index in [-0.39, 0.29) is 18.5 Å². The van der Waals surface area contributed by atoms with Crippen molar-refractivity contribution in [2.75, 3.05) is 39.8 Å². The summed E-state index contributed by atoms with van der Waals surface area (Å²) < 4.78 is 4.72. The van der Waals surface area contributed by atoms with Crippen molar-refractivity contribution in [1.29, 1.82) is 0 Å². The summed E-state index contributed by atoms with van der Waals surface area (Å²) in [5, 5.41) is 0. The Balaban J connectivity index is 0.00000180. The third-order valence-electron chi connectivity index (χ3n) is 3.36. The monoisotopic (exact) mass is 284 g/mol. The summed E-state index contributed by atoms with van der Waals surface area (Å²) in [7, 11) is 1.43. The average molecular weight is 285 g/mol. The second-order valence-corrected chi connectivity index (χ2v) is 4.53. The van der Waals surface area contributed by atoms with E-state index in [0.717, 1.165) is 39.1 Å². The maximum Gasteiger partial charge on any atom is 0.409 e. The van der Waals surface area contributed by atoms with E-state index in [2.05, 4.69) is 29.2 Å². The fraction of sp³-hybridized carbons (Fsp3) is 0.500. The van der Waals surface area contributed by atoms with Crippen LogP contribution in [0.2, 0.25) is 0 Å². The van der Waals surface area contributed by atoms with Crippen LogP contribution in [0.1, 0.15) is 5.56 Å². The molecule has 1 heterocycles. The van der Waals surface area contributed by atoms with E-state index in [1.54, 1.807) is 4.90 Å². The van der Waals surface area contributed by atoms with E-state index in [9.17, 15) is 4.79 Å². The molecule has 1 aromatic carbocycles. The normalized spacial score (nSPS) is 15.7. The predicted molar refractivity (Wildman–Crippen MR) is 77.8 cm³/mol. The Morgan fingerprint density at radius 1 is 1.16 bits per heavy atom. The lowest BCUT2D eigenvalue weighted by Gasteiger charge is -2.33. The molecule has 4 nitrogen and oxygen atoms in total. The van der Waals surface area contributed by atoms with Gasteiger partial charge < -0.3 is 9.64 Å². The second kappa shape index (κ2) is 8.02. The Bertz CT molecular complexity index is 378. The van der Waals surface area contributed by atoms with Gasteiger partial charge in [0.05, 0.1) is 7.11 Å². The van der Waals surface area contributed by atoms with Gasteiger partial charge in [0.2, 0.25) is 0 Å². The van der Waals surface area contributed by atoms with Crippen molar-refractivity contribution >= 4 is 18.5 Å². The van der Waals surface area contributed by atoms with Gasteiger partial charge in [-0.1, -0.05) is 30.3 Å². The molecule has 0 N–H and O–H groups in total. The molecule has 1 saturated heterocycles. The van der Waals surface area contributed by atoms with Crippen molar-refractivity contribution in [2.45, 2.75) is 6.42 Å². The molecule has 106 valence electrons. The minimum absolute atomic E-state index is 0. The zero-order valence-electron chi connectivity index (χ0n) is 11.2. The molecule has 0 aromatic heterocycles. The Kier molecular flexibility index (Phi) is 6.67. The van der Waals surface area contributed by atoms with Crippen LogP contribution in [0.3, 0.4) is 0 Å². The highest BCUT2D eigenvalue weighted by Crippen LogP contribution is 2.06. The Labute approximate surface area is 120 Å². The molecule has 5 heteroatoms. The smallest absolute Gasteiger partial charge is 0.409 e. The molecule has 1 fully saturated rings. The molecule has 2 rings (SSSR count). The molecule has 0 saturated carbocycles. The highest BCUT2D eigenvalue weighted by molar-refractivity contribution is 5.85. The lowest BCUT2D eigenvalue weighted by atomic mass is 10.1. The van der Waals surface area contributed by atoms with Gasteiger partial charge in [-0.2, -0.15) is 0 Å². The first-order chi connectivity index (χ1) is 8.79. The maximum atomic E-state index is 11.3. The number of amides is 1. The molecule has 0 unspecified atom stereocenters. The third kappa shape index (κ3) is 4.73. The number of halogens is 1. The fourth-order valence-corrected chi connectivity index (χ4v) is 2.22. The Morgan fingerprint density at radius 2 is 1.79 bits per heavy atom. The quantitative estimate of drug-likeness (QED) is 0.851. The van der Waals surface area contributed by atoms with Crippen molar-refractivity contribution in [1.82, 2.24) is 9.80 Å². The summed E-state index contributed by atoms with van der Waals surface area (Å²) in [6.45, 7) is 4.45. The number of carbonyl (C=O) groups excluding carboxylic acids is 1. The Morgan fingerprint density at radius 3 is 2.37 bits per heavy atom. The van der Waals surface area contributed by atoms with Crippen LogP contribution >= 0.6 is 12.4 Å². The largest absolute Gasteiger partial charge is 0.453 e. The number of hydrogen-bond acceptors (Lipinski definition) is 3. The number of nitrogens with zero attached hydrogens (tertiary/aromatic N) is 2. The summed E-state index contributed by atoms with van der Waals surface area (Å²) in [5.41, 5.74) is 1.37. The molecule has 0 bridgehead atoms. The van der Waals surface area contributed by atoms with E-state index in [0.29, 0.717) is 0 Å². The van der Waals surface area contributed by atoms with Gasteiger partial charge in [-0.3, -0.25) is 4.90 Å². The van der Waals surface area contributed by atoms with Crippen molar-refractivity contribution < 1.29 is 9.53 Å². The molecule has 1 aliphatic heterocycles. The summed E-state index contributed by atoms with van der Waals surface area (Å²) >= 11 is 0. The van der Waals surface area contributed by atoms with Crippen LogP contribution in [-0.2, 0) is 11.2 Å². The van der Waals surface area contributed by atoms with E-state index < -0.39 is 0 Å². The van der Waals surface area contributed by atoms with Gasteiger partial charge in [-0.05, 0) is 12.0 Å². The SMILES string of the molecule is COC(=O)N1CCN(CCc2ccccc2)CC1.Cl. The topological polar surface area (TPSA) is 32.8 Å². The van der Waals surface area contributed by atoms with Gasteiger partial charge in [0, 0.05) is 32.7 Å². The summed E-state index contributed by atoms with van der Waals surface area (Å²) in [5.74, 6) is 0. The summed E-state index contributed by atoms with van der Waals surface area (Å²) in [6.07, 6.45) is 0.858. The van der Waals surface area contributed by atoms with Crippen LogP contribution in [0.15, 0.2) is 30.3 Å². The Hall–Kier alpha value is -1.26. The van der Waals surface area contributed by atoms with Crippen LogP contribution in [0.25, 0.3) is 0 Å². The van der Waals surface area contributed by atoms with Gasteiger partial charge in [-0.25, -0.2) is 4.79 Å². The highest BCUT2D eigenvalue weighted by atomic mass is 35.5. The molecule has 0 spiro atoms. The van der Waals surface area contributed by atoms with Crippen LogP contribution in [-0.4, -0.2) is 55.7 Å². The molecule has 19 heavy (non-hydrogen) atoms. The van der Waals surface area contributed by atoms with Gasteiger partial charge in [0.1, 0.15) is 0 Å². The van der Waals surface area contributed by atoms with Gasteiger partial charge >= 0.3 is 6.09 Å². The molecular weight excluding hydrogens is 264 g/mol. The molecular formula is C14H21ClN2O2. The first-order valence-electron chi connectivity index (χ1n) is 6.39. The van der Waals surface area contributed by atoms with Crippen molar-refractivity contribution in [3.8, 4) is 0 Å². The predicted octanol–water partition coefficient (Wildman–Crippen LogP) is 2.03. The van der Waals surface area contributed by atoms with E-state index in [1.165, 1.54) is 12.7 Å². The van der Waals surface area contributed by atoms with Gasteiger partial charge in [0.25, 0.3) is 0 Å². The number of methoxy groups -OCH3 is 1. The van der Waals surface area contributed by atoms with Gasteiger partial charge in [0.15, 0.2) is 0 Å².